The lowest BCUT2D eigenvalue weighted by Crippen LogP contribution is -2.14. The lowest BCUT2D eigenvalue weighted by Gasteiger charge is -1.99. The highest BCUT2D eigenvalue weighted by atomic mass is 35.5. The van der Waals surface area contributed by atoms with Crippen LogP contribution in [-0.4, -0.2) is 21.1 Å². The fourth-order valence-electron chi connectivity index (χ4n) is 1.94. The van der Waals surface area contributed by atoms with Gasteiger partial charge in [0.1, 0.15) is 0 Å². The Kier molecular flexibility index (Phi) is 5.00. The van der Waals surface area contributed by atoms with Crippen molar-refractivity contribution >= 4 is 45.3 Å². The Hall–Kier alpha value is -1.83. The van der Waals surface area contributed by atoms with Crippen LogP contribution < -0.4 is 5.32 Å². The summed E-state index contributed by atoms with van der Waals surface area (Å²) in [6.45, 7) is 2.04. The molecule has 0 radical (unpaired) electrons. The summed E-state index contributed by atoms with van der Waals surface area (Å²) >= 11 is 9.00. The lowest BCUT2D eigenvalue weighted by molar-refractivity contribution is -0.115. The summed E-state index contributed by atoms with van der Waals surface area (Å²) in [5, 5.41) is 15.5. The zero-order chi connectivity index (χ0) is 16.2. The second kappa shape index (κ2) is 7.16. The van der Waals surface area contributed by atoms with E-state index in [1.54, 1.807) is 17.4 Å². The summed E-state index contributed by atoms with van der Waals surface area (Å²) in [7, 11) is 0. The monoisotopic (exact) mass is 364 g/mol. The molecule has 0 unspecified atom stereocenters. The van der Waals surface area contributed by atoms with Crippen LogP contribution in [0.25, 0.3) is 10.6 Å². The van der Waals surface area contributed by atoms with Crippen molar-refractivity contribution in [3.63, 3.8) is 0 Å². The minimum Gasteiger partial charge on any atom is -0.300 e. The predicted octanol–water partition coefficient (Wildman–Crippen LogP) is 4.06. The molecule has 2 aromatic heterocycles. The number of carbonyl (C=O) groups excluding carboxylic acids is 1. The number of amides is 1. The number of thiazole rings is 1. The molecule has 0 bridgehead atoms. The van der Waals surface area contributed by atoms with Gasteiger partial charge in [-0.15, -0.1) is 21.5 Å². The van der Waals surface area contributed by atoms with Crippen LogP contribution in [0.3, 0.4) is 0 Å². The highest BCUT2D eigenvalue weighted by molar-refractivity contribution is 7.18. The van der Waals surface area contributed by atoms with Gasteiger partial charge in [-0.3, -0.25) is 4.79 Å². The standard InChI is InChI=1S/C15H13ClN4OS2/c1-2-13-17-9(8-22-13)7-12(21)18-15-20-19-14(23-15)10-5-3-4-6-11(10)16/h3-6,8H,2,7H2,1H3,(H,18,20,21). The van der Waals surface area contributed by atoms with Crippen molar-refractivity contribution in [3.8, 4) is 10.6 Å². The van der Waals surface area contributed by atoms with E-state index in [-0.39, 0.29) is 12.3 Å². The molecule has 0 saturated heterocycles. The third-order valence-corrected chi connectivity index (χ3v) is 5.26. The minimum atomic E-state index is -0.153. The van der Waals surface area contributed by atoms with E-state index in [4.69, 9.17) is 11.6 Å². The average Bonchev–Trinajstić information content (AvgIpc) is 3.17. The topological polar surface area (TPSA) is 67.8 Å². The van der Waals surface area contributed by atoms with Crippen LogP contribution in [0.15, 0.2) is 29.6 Å². The Morgan fingerprint density at radius 1 is 1.30 bits per heavy atom. The molecule has 3 aromatic rings. The van der Waals surface area contributed by atoms with Crippen molar-refractivity contribution < 1.29 is 4.79 Å². The maximum absolute atomic E-state index is 12.1. The molecular weight excluding hydrogens is 352 g/mol. The first-order valence-electron chi connectivity index (χ1n) is 6.97. The quantitative estimate of drug-likeness (QED) is 0.741. The predicted molar refractivity (Wildman–Crippen MR) is 94.2 cm³/mol. The van der Waals surface area contributed by atoms with E-state index >= 15 is 0 Å². The van der Waals surface area contributed by atoms with Gasteiger partial charge in [0.2, 0.25) is 11.0 Å². The van der Waals surface area contributed by atoms with E-state index < -0.39 is 0 Å². The molecule has 3 rings (SSSR count). The first-order chi connectivity index (χ1) is 11.2. The molecule has 0 fully saturated rings. The highest BCUT2D eigenvalue weighted by Crippen LogP contribution is 2.31. The Balaban J connectivity index is 1.67. The van der Waals surface area contributed by atoms with Gasteiger partial charge in [0, 0.05) is 10.9 Å². The van der Waals surface area contributed by atoms with Crippen molar-refractivity contribution in [3.05, 3.63) is 45.4 Å². The molecule has 0 aliphatic heterocycles. The summed E-state index contributed by atoms with van der Waals surface area (Å²) in [5.41, 5.74) is 1.58. The van der Waals surface area contributed by atoms with Crippen molar-refractivity contribution in [2.75, 3.05) is 5.32 Å². The van der Waals surface area contributed by atoms with E-state index in [0.29, 0.717) is 15.2 Å². The van der Waals surface area contributed by atoms with Gasteiger partial charge in [-0.1, -0.05) is 48.1 Å². The molecule has 8 heteroatoms. The van der Waals surface area contributed by atoms with Crippen molar-refractivity contribution in [1.29, 1.82) is 0 Å². The molecular formula is C15H13ClN4OS2. The van der Waals surface area contributed by atoms with Crippen LogP contribution in [0.4, 0.5) is 5.13 Å². The van der Waals surface area contributed by atoms with Crippen LogP contribution in [0.5, 0.6) is 0 Å². The summed E-state index contributed by atoms with van der Waals surface area (Å²) in [6, 6.07) is 7.41. The van der Waals surface area contributed by atoms with Gasteiger partial charge in [-0.2, -0.15) is 0 Å². The maximum atomic E-state index is 12.1. The fourth-order valence-corrected chi connectivity index (χ4v) is 3.76. The van der Waals surface area contributed by atoms with Crippen LogP contribution >= 0.6 is 34.3 Å². The summed E-state index contributed by atoms with van der Waals surface area (Å²) in [5.74, 6) is -0.153. The smallest absolute Gasteiger partial charge is 0.232 e. The molecule has 0 spiro atoms. The average molecular weight is 365 g/mol. The number of aromatic nitrogens is 3. The van der Waals surface area contributed by atoms with Gasteiger partial charge in [0.15, 0.2) is 5.01 Å². The van der Waals surface area contributed by atoms with E-state index in [1.807, 2.05) is 30.5 Å². The molecule has 1 N–H and O–H groups in total. The molecule has 23 heavy (non-hydrogen) atoms. The molecule has 5 nitrogen and oxygen atoms in total. The van der Waals surface area contributed by atoms with Gasteiger partial charge in [-0.25, -0.2) is 4.98 Å². The molecule has 0 saturated carbocycles. The normalized spacial score (nSPS) is 10.7. The number of nitrogens with zero attached hydrogens (tertiary/aromatic N) is 3. The van der Waals surface area contributed by atoms with Crippen molar-refractivity contribution in [1.82, 2.24) is 15.2 Å². The van der Waals surface area contributed by atoms with Gasteiger partial charge in [0.05, 0.1) is 22.1 Å². The number of hydrogen-bond donors (Lipinski definition) is 1. The minimum absolute atomic E-state index is 0.153. The maximum Gasteiger partial charge on any atom is 0.232 e. The number of benzene rings is 1. The Morgan fingerprint density at radius 3 is 2.87 bits per heavy atom. The number of aryl methyl sites for hydroxylation is 1. The van der Waals surface area contributed by atoms with Crippen molar-refractivity contribution in [2.45, 2.75) is 19.8 Å². The van der Waals surface area contributed by atoms with E-state index in [1.165, 1.54) is 11.3 Å². The van der Waals surface area contributed by atoms with Crippen molar-refractivity contribution in [2.24, 2.45) is 0 Å². The first kappa shape index (κ1) is 16.0. The largest absolute Gasteiger partial charge is 0.300 e. The molecule has 0 atom stereocenters. The second-order valence-corrected chi connectivity index (χ2v) is 7.03. The highest BCUT2D eigenvalue weighted by Gasteiger charge is 2.13. The van der Waals surface area contributed by atoms with Crippen LogP contribution in [0, 0.1) is 0 Å². The summed E-state index contributed by atoms with van der Waals surface area (Å²) < 4.78 is 0. The second-order valence-electron chi connectivity index (χ2n) is 4.70. The molecule has 0 aliphatic rings. The molecule has 1 amide bonds. The molecule has 1 aromatic carbocycles. The molecule has 2 heterocycles. The third kappa shape index (κ3) is 3.93. The van der Waals surface area contributed by atoms with Gasteiger partial charge < -0.3 is 5.32 Å². The summed E-state index contributed by atoms with van der Waals surface area (Å²) in [6.07, 6.45) is 1.11. The van der Waals surface area contributed by atoms with Crippen LogP contribution in [-0.2, 0) is 17.6 Å². The molecule has 0 aliphatic carbocycles. The fraction of sp³-hybridized carbons (Fsp3) is 0.200. The van der Waals surface area contributed by atoms with E-state index in [2.05, 4.69) is 20.5 Å². The number of hydrogen-bond acceptors (Lipinski definition) is 6. The number of halogens is 1. The zero-order valence-corrected chi connectivity index (χ0v) is 14.6. The Bertz CT molecular complexity index is 830. The Labute approximate surface area is 146 Å². The van der Waals surface area contributed by atoms with Crippen LogP contribution in [0.1, 0.15) is 17.6 Å². The summed E-state index contributed by atoms with van der Waals surface area (Å²) in [4.78, 5) is 16.4. The van der Waals surface area contributed by atoms with Crippen LogP contribution in [0.2, 0.25) is 5.02 Å². The Morgan fingerprint density at radius 2 is 2.13 bits per heavy atom. The number of anilines is 1. The molecule has 118 valence electrons. The van der Waals surface area contributed by atoms with Gasteiger partial charge >= 0.3 is 0 Å². The number of carbonyl (C=O) groups is 1. The van der Waals surface area contributed by atoms with Gasteiger partial charge in [0.25, 0.3) is 0 Å². The lowest BCUT2D eigenvalue weighted by atomic mass is 10.2. The number of rotatable bonds is 5. The van der Waals surface area contributed by atoms with E-state index in [0.717, 1.165) is 22.7 Å². The SMILES string of the molecule is CCc1nc(CC(=O)Nc2nnc(-c3ccccc3Cl)s2)cs1. The zero-order valence-electron chi connectivity index (χ0n) is 12.2. The van der Waals surface area contributed by atoms with E-state index in [9.17, 15) is 4.79 Å². The van der Waals surface area contributed by atoms with Gasteiger partial charge in [-0.05, 0) is 12.5 Å². The third-order valence-electron chi connectivity index (χ3n) is 3.02. The number of nitrogens with one attached hydrogen (secondary N) is 1. The first-order valence-corrected chi connectivity index (χ1v) is 9.04.